The average Bonchev–Trinajstić information content (AvgIpc) is 2.76. The quantitative estimate of drug-likeness (QED) is 0.519. The molecule has 1 aromatic carbocycles. The van der Waals surface area contributed by atoms with Crippen LogP contribution < -0.4 is 16.0 Å². The van der Waals surface area contributed by atoms with Gasteiger partial charge in [-0.15, -0.1) is 0 Å². The summed E-state index contributed by atoms with van der Waals surface area (Å²) in [6.07, 6.45) is -0.00939. The van der Waals surface area contributed by atoms with Crippen LogP contribution in [0.25, 0.3) is 0 Å². The molecule has 0 unspecified atom stereocenters. The SMILES string of the molecule is CCOC(=O)C[C@H](C)NC(=O)CN1C(=O)c2cc(NC(C)=O)ccc2NC(=O)[C@@H]1C(C)C. The number of rotatable bonds is 8. The molecule has 1 heterocycles. The largest absolute Gasteiger partial charge is 0.466 e. The van der Waals surface area contributed by atoms with Crippen LogP contribution in [-0.4, -0.2) is 59.7 Å². The van der Waals surface area contributed by atoms with Gasteiger partial charge in [-0.05, 0) is 38.0 Å². The highest BCUT2D eigenvalue weighted by atomic mass is 16.5. The first-order chi connectivity index (χ1) is 15.0. The van der Waals surface area contributed by atoms with Gasteiger partial charge in [0.1, 0.15) is 12.6 Å². The van der Waals surface area contributed by atoms with Gasteiger partial charge in [0.25, 0.3) is 5.91 Å². The molecular weight excluding hydrogens is 416 g/mol. The van der Waals surface area contributed by atoms with Crippen LogP contribution in [0.3, 0.4) is 0 Å². The van der Waals surface area contributed by atoms with E-state index in [-0.39, 0.29) is 37.0 Å². The van der Waals surface area contributed by atoms with Gasteiger partial charge in [0, 0.05) is 18.7 Å². The number of fused-ring (bicyclic) bond motifs is 1. The highest BCUT2D eigenvalue weighted by Crippen LogP contribution is 2.28. The van der Waals surface area contributed by atoms with Gasteiger partial charge in [-0.25, -0.2) is 0 Å². The van der Waals surface area contributed by atoms with E-state index in [1.807, 2.05) is 0 Å². The molecule has 4 amide bonds. The van der Waals surface area contributed by atoms with Crippen LogP contribution >= 0.6 is 0 Å². The third kappa shape index (κ3) is 6.29. The molecule has 0 spiro atoms. The predicted molar refractivity (Wildman–Crippen MR) is 118 cm³/mol. The van der Waals surface area contributed by atoms with Crippen molar-refractivity contribution in [2.75, 3.05) is 23.8 Å². The average molecular weight is 447 g/mol. The monoisotopic (exact) mass is 446 g/mol. The van der Waals surface area contributed by atoms with Crippen LogP contribution in [0.2, 0.25) is 0 Å². The van der Waals surface area contributed by atoms with E-state index in [4.69, 9.17) is 4.74 Å². The van der Waals surface area contributed by atoms with Gasteiger partial charge in [-0.3, -0.25) is 24.0 Å². The summed E-state index contributed by atoms with van der Waals surface area (Å²) in [6.45, 7) is 8.13. The van der Waals surface area contributed by atoms with Crippen molar-refractivity contribution in [3.63, 3.8) is 0 Å². The molecule has 0 saturated heterocycles. The molecule has 1 aliphatic rings. The molecule has 2 rings (SSSR count). The summed E-state index contributed by atoms with van der Waals surface area (Å²) in [5, 5.41) is 8.02. The van der Waals surface area contributed by atoms with Gasteiger partial charge in [-0.1, -0.05) is 13.8 Å². The lowest BCUT2D eigenvalue weighted by Gasteiger charge is -2.31. The van der Waals surface area contributed by atoms with Crippen molar-refractivity contribution >= 4 is 41.0 Å². The van der Waals surface area contributed by atoms with Crippen molar-refractivity contribution in [1.29, 1.82) is 0 Å². The number of esters is 1. The maximum Gasteiger partial charge on any atom is 0.307 e. The Morgan fingerprint density at radius 2 is 1.88 bits per heavy atom. The fourth-order valence-corrected chi connectivity index (χ4v) is 3.57. The highest BCUT2D eigenvalue weighted by molar-refractivity contribution is 6.11. The van der Waals surface area contributed by atoms with E-state index in [9.17, 15) is 24.0 Å². The van der Waals surface area contributed by atoms with E-state index in [0.29, 0.717) is 11.4 Å². The van der Waals surface area contributed by atoms with Crippen molar-refractivity contribution in [3.8, 4) is 0 Å². The minimum Gasteiger partial charge on any atom is -0.466 e. The maximum absolute atomic E-state index is 13.4. The predicted octanol–water partition coefficient (Wildman–Crippen LogP) is 1.52. The molecule has 0 aromatic heterocycles. The van der Waals surface area contributed by atoms with Crippen LogP contribution in [0.4, 0.5) is 11.4 Å². The van der Waals surface area contributed by atoms with Gasteiger partial charge >= 0.3 is 5.97 Å². The Bertz CT molecular complexity index is 914. The molecule has 0 saturated carbocycles. The van der Waals surface area contributed by atoms with E-state index in [0.717, 1.165) is 0 Å². The Morgan fingerprint density at radius 3 is 2.47 bits per heavy atom. The van der Waals surface area contributed by atoms with Crippen molar-refractivity contribution < 1.29 is 28.7 Å². The minimum absolute atomic E-state index is 0.00939. The lowest BCUT2D eigenvalue weighted by atomic mass is 10.0. The van der Waals surface area contributed by atoms with Crippen LogP contribution in [0.5, 0.6) is 0 Å². The summed E-state index contributed by atoms with van der Waals surface area (Å²) in [5.41, 5.74) is 0.868. The van der Waals surface area contributed by atoms with E-state index in [1.54, 1.807) is 39.8 Å². The minimum atomic E-state index is -0.884. The van der Waals surface area contributed by atoms with E-state index in [2.05, 4.69) is 16.0 Å². The Morgan fingerprint density at radius 1 is 1.19 bits per heavy atom. The zero-order valence-corrected chi connectivity index (χ0v) is 19.0. The summed E-state index contributed by atoms with van der Waals surface area (Å²) >= 11 is 0. The lowest BCUT2D eigenvalue weighted by Crippen LogP contribution is -2.52. The Labute approximate surface area is 187 Å². The molecule has 0 radical (unpaired) electrons. The van der Waals surface area contributed by atoms with Gasteiger partial charge in [-0.2, -0.15) is 0 Å². The fourth-order valence-electron chi connectivity index (χ4n) is 3.57. The second kappa shape index (κ2) is 10.7. The number of nitrogens with one attached hydrogen (secondary N) is 3. The number of benzene rings is 1. The second-order valence-electron chi connectivity index (χ2n) is 8.03. The summed E-state index contributed by atoms with van der Waals surface area (Å²) in [6, 6.07) is 3.20. The number of hydrogen-bond acceptors (Lipinski definition) is 6. The molecule has 32 heavy (non-hydrogen) atoms. The van der Waals surface area contributed by atoms with Gasteiger partial charge in [0.05, 0.1) is 24.3 Å². The van der Waals surface area contributed by atoms with Crippen molar-refractivity contribution in [3.05, 3.63) is 23.8 Å². The Balaban J connectivity index is 2.28. The van der Waals surface area contributed by atoms with Crippen LogP contribution in [-0.2, 0) is 23.9 Å². The lowest BCUT2D eigenvalue weighted by molar-refractivity contribution is -0.143. The number of amides is 4. The zero-order valence-electron chi connectivity index (χ0n) is 19.0. The molecule has 0 bridgehead atoms. The van der Waals surface area contributed by atoms with Gasteiger partial charge < -0.3 is 25.6 Å². The third-order valence-electron chi connectivity index (χ3n) is 4.82. The molecular formula is C22H30N4O6. The third-order valence-corrected chi connectivity index (χ3v) is 4.82. The molecule has 10 nitrogen and oxygen atoms in total. The first-order valence-corrected chi connectivity index (χ1v) is 10.5. The molecule has 1 aromatic rings. The van der Waals surface area contributed by atoms with Gasteiger partial charge in [0.2, 0.25) is 17.7 Å². The summed E-state index contributed by atoms with van der Waals surface area (Å²) in [4.78, 5) is 63.2. The van der Waals surface area contributed by atoms with Crippen molar-refractivity contribution in [1.82, 2.24) is 10.2 Å². The van der Waals surface area contributed by atoms with E-state index in [1.165, 1.54) is 17.9 Å². The van der Waals surface area contributed by atoms with Crippen LogP contribution in [0.15, 0.2) is 18.2 Å². The number of ether oxygens (including phenoxy) is 1. The van der Waals surface area contributed by atoms with E-state index >= 15 is 0 Å². The number of carbonyl (C=O) groups excluding carboxylic acids is 5. The molecule has 0 aliphatic carbocycles. The fraction of sp³-hybridized carbons (Fsp3) is 0.500. The van der Waals surface area contributed by atoms with Crippen LogP contribution in [0, 0.1) is 5.92 Å². The molecule has 1 aliphatic heterocycles. The zero-order chi connectivity index (χ0) is 24.0. The molecule has 0 fully saturated rings. The van der Waals surface area contributed by atoms with Crippen LogP contribution in [0.1, 0.15) is 51.4 Å². The molecule has 10 heteroatoms. The Hall–Kier alpha value is -3.43. The summed E-state index contributed by atoms with van der Waals surface area (Å²) in [5.74, 6) is -2.45. The normalized spacial score (nSPS) is 16.6. The summed E-state index contributed by atoms with van der Waals surface area (Å²) < 4.78 is 4.88. The van der Waals surface area contributed by atoms with Gasteiger partial charge in [0.15, 0.2) is 0 Å². The van der Waals surface area contributed by atoms with E-state index < -0.39 is 35.8 Å². The van der Waals surface area contributed by atoms with Crippen molar-refractivity contribution in [2.45, 2.75) is 53.1 Å². The standard InChI is InChI=1S/C22H30N4O6/c1-6-32-19(29)9-13(4)23-18(28)11-26-20(12(2)3)21(30)25-17-8-7-15(24-14(5)27)10-16(17)22(26)31/h7-8,10,12-13,20H,6,9,11H2,1-5H3,(H,23,28)(H,24,27)(H,25,30)/t13-,20-/m0/s1. The second-order valence-corrected chi connectivity index (χ2v) is 8.03. The Kier molecular flexibility index (Phi) is 8.34. The molecule has 2 atom stereocenters. The smallest absolute Gasteiger partial charge is 0.307 e. The number of anilines is 2. The topological polar surface area (TPSA) is 134 Å². The molecule has 3 N–H and O–H groups in total. The maximum atomic E-state index is 13.4. The van der Waals surface area contributed by atoms with Crippen molar-refractivity contribution in [2.24, 2.45) is 5.92 Å². The first-order valence-electron chi connectivity index (χ1n) is 10.5. The number of carbonyl (C=O) groups is 5. The first kappa shape index (κ1) is 24.8. The number of hydrogen-bond donors (Lipinski definition) is 3. The highest BCUT2D eigenvalue weighted by Gasteiger charge is 2.38. The number of nitrogens with zero attached hydrogens (tertiary/aromatic N) is 1. The molecule has 174 valence electrons. The summed E-state index contributed by atoms with van der Waals surface area (Å²) in [7, 11) is 0.